The topological polar surface area (TPSA) is 53.5 Å². The van der Waals surface area contributed by atoms with E-state index in [1.165, 1.54) is 25.7 Å². The molecule has 2 aliphatic heterocycles. The van der Waals surface area contributed by atoms with Gasteiger partial charge in [0.15, 0.2) is 0 Å². The van der Waals surface area contributed by atoms with Gasteiger partial charge in [-0.3, -0.25) is 0 Å². The van der Waals surface area contributed by atoms with Gasteiger partial charge >= 0.3 is 0 Å². The number of nitrogens with zero attached hydrogens (tertiary/aromatic N) is 4. The normalized spacial score (nSPS) is 17.2. The largest absolute Gasteiger partial charge is 0.497 e. The number of benzene rings is 1. The Hall–Kier alpha value is -2.50. The van der Waals surface area contributed by atoms with Crippen molar-refractivity contribution < 1.29 is 4.74 Å². The zero-order valence-corrected chi connectivity index (χ0v) is 14.7. The van der Waals surface area contributed by atoms with Crippen LogP contribution >= 0.6 is 0 Å². The molecule has 6 nitrogen and oxygen atoms in total. The van der Waals surface area contributed by atoms with Gasteiger partial charge in [0.25, 0.3) is 0 Å². The molecule has 2 aromatic rings. The highest BCUT2D eigenvalue weighted by Crippen LogP contribution is 2.27. The molecular weight excluding hydrogens is 314 g/mol. The van der Waals surface area contributed by atoms with Gasteiger partial charge in [-0.1, -0.05) is 0 Å². The van der Waals surface area contributed by atoms with Crippen LogP contribution in [0.1, 0.15) is 25.7 Å². The summed E-state index contributed by atoms with van der Waals surface area (Å²) in [4.78, 5) is 14.3. The Balaban J connectivity index is 1.62. The molecule has 0 aliphatic carbocycles. The van der Waals surface area contributed by atoms with Crippen molar-refractivity contribution in [3.8, 4) is 5.75 Å². The quantitative estimate of drug-likeness (QED) is 0.901. The van der Waals surface area contributed by atoms with Crippen molar-refractivity contribution in [1.29, 1.82) is 0 Å². The number of nitrogens with one attached hydrogen (secondary N) is 1. The Morgan fingerprint density at radius 3 is 2.16 bits per heavy atom. The van der Waals surface area contributed by atoms with Crippen molar-refractivity contribution in [1.82, 2.24) is 9.97 Å². The van der Waals surface area contributed by atoms with E-state index < -0.39 is 0 Å². The number of rotatable bonds is 5. The van der Waals surface area contributed by atoms with Gasteiger partial charge < -0.3 is 19.9 Å². The van der Waals surface area contributed by atoms with E-state index in [-0.39, 0.29) is 0 Å². The summed E-state index contributed by atoms with van der Waals surface area (Å²) in [5.74, 6) is 3.58. The van der Waals surface area contributed by atoms with E-state index in [1.54, 1.807) is 7.11 Å². The second-order valence-corrected chi connectivity index (χ2v) is 6.65. The molecule has 0 amide bonds. The highest BCUT2D eigenvalue weighted by atomic mass is 16.5. The summed E-state index contributed by atoms with van der Waals surface area (Å²) in [5.41, 5.74) is 0.999. The molecule has 1 aromatic heterocycles. The lowest BCUT2D eigenvalue weighted by molar-refractivity contribution is 0.415. The molecule has 0 atom stereocenters. The lowest BCUT2D eigenvalue weighted by Crippen LogP contribution is -2.24. The second-order valence-electron chi connectivity index (χ2n) is 6.65. The summed E-state index contributed by atoms with van der Waals surface area (Å²) in [5, 5.41) is 3.42. The van der Waals surface area contributed by atoms with Crippen molar-refractivity contribution in [3.05, 3.63) is 30.3 Å². The van der Waals surface area contributed by atoms with Crippen LogP contribution in [0.2, 0.25) is 0 Å². The van der Waals surface area contributed by atoms with Crippen LogP contribution in [0, 0.1) is 0 Å². The smallest absolute Gasteiger partial charge is 0.229 e. The van der Waals surface area contributed by atoms with E-state index in [0.29, 0.717) is 0 Å². The number of hydrogen-bond acceptors (Lipinski definition) is 6. The minimum atomic E-state index is 0.845. The number of anilines is 4. The minimum absolute atomic E-state index is 0.845. The fourth-order valence-corrected chi connectivity index (χ4v) is 3.48. The fourth-order valence-electron chi connectivity index (χ4n) is 3.48. The van der Waals surface area contributed by atoms with E-state index >= 15 is 0 Å². The molecule has 2 saturated heterocycles. The van der Waals surface area contributed by atoms with Crippen LogP contribution in [0.3, 0.4) is 0 Å². The van der Waals surface area contributed by atoms with Crippen LogP contribution in [-0.2, 0) is 0 Å². The molecule has 1 N–H and O–H groups in total. The summed E-state index contributed by atoms with van der Waals surface area (Å²) >= 11 is 0. The van der Waals surface area contributed by atoms with Gasteiger partial charge in [0.05, 0.1) is 7.11 Å². The standard InChI is InChI=1S/C19H25N5O/c1-25-16-8-6-15(7-9-16)20-17-14-18(23-10-2-3-11-23)22-19(21-17)24-12-4-5-13-24/h6-9,14H,2-5,10-13H2,1H3,(H,20,21,22). The summed E-state index contributed by atoms with van der Waals surface area (Å²) in [6.07, 6.45) is 4.92. The van der Waals surface area contributed by atoms with Crippen molar-refractivity contribution in [2.24, 2.45) is 0 Å². The van der Waals surface area contributed by atoms with Crippen LogP contribution in [0.5, 0.6) is 5.75 Å². The van der Waals surface area contributed by atoms with E-state index in [9.17, 15) is 0 Å². The van der Waals surface area contributed by atoms with Gasteiger partial charge in [0, 0.05) is 37.9 Å². The lowest BCUT2D eigenvalue weighted by atomic mass is 10.3. The van der Waals surface area contributed by atoms with Gasteiger partial charge in [0.2, 0.25) is 5.95 Å². The SMILES string of the molecule is COc1ccc(Nc2cc(N3CCCC3)nc(N3CCCC3)n2)cc1. The summed E-state index contributed by atoms with van der Waals surface area (Å²) in [6.45, 7) is 4.26. The molecule has 2 fully saturated rings. The number of aromatic nitrogens is 2. The molecule has 4 rings (SSSR count). The molecule has 6 heteroatoms. The molecule has 0 radical (unpaired) electrons. The van der Waals surface area contributed by atoms with Crippen LogP contribution in [0.15, 0.2) is 30.3 Å². The Bertz CT molecular complexity index is 672. The van der Waals surface area contributed by atoms with Crippen LogP contribution in [0.4, 0.5) is 23.3 Å². The average molecular weight is 339 g/mol. The third-order valence-corrected chi connectivity index (χ3v) is 4.88. The summed E-state index contributed by atoms with van der Waals surface area (Å²) < 4.78 is 5.23. The first-order valence-corrected chi connectivity index (χ1v) is 9.12. The van der Waals surface area contributed by atoms with E-state index in [4.69, 9.17) is 14.7 Å². The van der Waals surface area contributed by atoms with Gasteiger partial charge in [-0.25, -0.2) is 0 Å². The summed E-state index contributed by atoms with van der Waals surface area (Å²) in [6, 6.07) is 9.98. The van der Waals surface area contributed by atoms with E-state index in [1.807, 2.05) is 24.3 Å². The number of hydrogen-bond donors (Lipinski definition) is 1. The predicted octanol–water partition coefficient (Wildman–Crippen LogP) is 3.43. The predicted molar refractivity (Wildman–Crippen MR) is 101 cm³/mol. The van der Waals surface area contributed by atoms with Crippen LogP contribution in [0.25, 0.3) is 0 Å². The second kappa shape index (κ2) is 7.17. The van der Waals surface area contributed by atoms with Crippen LogP contribution < -0.4 is 19.9 Å². The monoisotopic (exact) mass is 339 g/mol. The molecule has 3 heterocycles. The first-order valence-electron chi connectivity index (χ1n) is 9.12. The third kappa shape index (κ3) is 3.62. The summed E-state index contributed by atoms with van der Waals surface area (Å²) in [7, 11) is 1.68. The number of methoxy groups -OCH3 is 1. The van der Waals surface area contributed by atoms with E-state index in [2.05, 4.69) is 21.2 Å². The maximum Gasteiger partial charge on any atom is 0.229 e. The fraction of sp³-hybridized carbons (Fsp3) is 0.474. The van der Waals surface area contributed by atoms with Gasteiger partial charge in [0.1, 0.15) is 17.4 Å². The Morgan fingerprint density at radius 1 is 0.880 bits per heavy atom. The van der Waals surface area contributed by atoms with Gasteiger partial charge in [-0.05, 0) is 49.9 Å². The highest BCUT2D eigenvalue weighted by molar-refractivity contribution is 5.62. The molecule has 0 bridgehead atoms. The van der Waals surface area contributed by atoms with Gasteiger partial charge in [-0.15, -0.1) is 0 Å². The zero-order chi connectivity index (χ0) is 17.1. The minimum Gasteiger partial charge on any atom is -0.497 e. The number of ether oxygens (including phenoxy) is 1. The van der Waals surface area contributed by atoms with E-state index in [0.717, 1.165) is 55.2 Å². The van der Waals surface area contributed by atoms with Gasteiger partial charge in [-0.2, -0.15) is 9.97 Å². The first kappa shape index (κ1) is 16.0. The molecule has 0 saturated carbocycles. The maximum atomic E-state index is 5.23. The van der Waals surface area contributed by atoms with Crippen molar-refractivity contribution in [3.63, 3.8) is 0 Å². The van der Waals surface area contributed by atoms with Crippen molar-refractivity contribution >= 4 is 23.3 Å². The van der Waals surface area contributed by atoms with Crippen molar-refractivity contribution in [2.75, 3.05) is 48.4 Å². The molecule has 1 aromatic carbocycles. The molecule has 132 valence electrons. The molecule has 2 aliphatic rings. The molecule has 0 unspecified atom stereocenters. The molecular formula is C19H25N5O. The Morgan fingerprint density at radius 2 is 1.52 bits per heavy atom. The molecule has 25 heavy (non-hydrogen) atoms. The van der Waals surface area contributed by atoms with Crippen molar-refractivity contribution in [2.45, 2.75) is 25.7 Å². The maximum absolute atomic E-state index is 5.23. The average Bonchev–Trinajstić information content (AvgIpc) is 3.36. The Labute approximate surface area is 148 Å². The molecule has 0 spiro atoms. The first-order chi connectivity index (χ1) is 12.3. The lowest BCUT2D eigenvalue weighted by Gasteiger charge is -2.22. The zero-order valence-electron chi connectivity index (χ0n) is 14.7. The highest BCUT2D eigenvalue weighted by Gasteiger charge is 2.20. The van der Waals surface area contributed by atoms with Crippen LogP contribution in [-0.4, -0.2) is 43.3 Å². The Kier molecular flexibility index (Phi) is 4.59. The third-order valence-electron chi connectivity index (χ3n) is 4.88.